The van der Waals surface area contributed by atoms with E-state index in [1.54, 1.807) is 12.5 Å². The summed E-state index contributed by atoms with van der Waals surface area (Å²) in [5.74, 6) is 0.730. The molecule has 1 aromatic rings. The summed E-state index contributed by atoms with van der Waals surface area (Å²) < 4.78 is 43.4. The Morgan fingerprint density at radius 1 is 1.33 bits per heavy atom. The summed E-state index contributed by atoms with van der Waals surface area (Å²) in [5, 5.41) is 3.19. The highest BCUT2D eigenvalue weighted by Crippen LogP contribution is 2.25. The van der Waals surface area contributed by atoms with Crippen molar-refractivity contribution < 1.29 is 17.6 Å². The third kappa shape index (κ3) is 5.83. The van der Waals surface area contributed by atoms with Crippen molar-refractivity contribution >= 4 is 29.9 Å². The Balaban J connectivity index is 0.00000288. The summed E-state index contributed by atoms with van der Waals surface area (Å²) in [4.78, 5) is 8.00. The van der Waals surface area contributed by atoms with Gasteiger partial charge in [0, 0.05) is 38.3 Å². The van der Waals surface area contributed by atoms with Gasteiger partial charge >= 0.3 is 6.18 Å². The zero-order valence-corrected chi connectivity index (χ0v) is 16.2. The molecule has 0 radical (unpaired) electrons. The lowest BCUT2D eigenvalue weighted by Crippen LogP contribution is -2.56. The molecule has 1 fully saturated rings. The molecule has 0 aromatic carbocycles. The smallest absolute Gasteiger partial charge is 0.403 e. The summed E-state index contributed by atoms with van der Waals surface area (Å²) in [7, 11) is 0. The summed E-state index contributed by atoms with van der Waals surface area (Å²) in [6, 6.07) is 0.436. The van der Waals surface area contributed by atoms with Gasteiger partial charge in [-0.05, 0) is 19.9 Å². The number of hydrogen-bond donors (Lipinski definition) is 1. The Bertz CT molecular complexity index is 499. The molecule has 9 heteroatoms. The van der Waals surface area contributed by atoms with Crippen LogP contribution in [0.3, 0.4) is 0 Å². The highest BCUT2D eigenvalue weighted by molar-refractivity contribution is 14.0. The molecule has 2 rings (SSSR count). The van der Waals surface area contributed by atoms with Gasteiger partial charge in [0.05, 0.1) is 19.1 Å². The zero-order chi connectivity index (χ0) is 16.9. The maximum absolute atomic E-state index is 12.8. The van der Waals surface area contributed by atoms with E-state index >= 15 is 0 Å². The number of alkyl halides is 3. The van der Waals surface area contributed by atoms with Gasteiger partial charge in [-0.25, -0.2) is 4.99 Å². The Kier molecular flexibility index (Phi) is 8.34. The van der Waals surface area contributed by atoms with Crippen LogP contribution in [0.25, 0.3) is 0 Å². The summed E-state index contributed by atoms with van der Waals surface area (Å²) in [6.45, 7) is 6.17. The second-order valence-electron chi connectivity index (χ2n) is 5.54. The van der Waals surface area contributed by atoms with Crippen LogP contribution in [0.5, 0.6) is 0 Å². The molecule has 1 saturated heterocycles. The number of hydrogen-bond acceptors (Lipinski definition) is 3. The number of guanidine groups is 1. The highest BCUT2D eigenvalue weighted by atomic mass is 127. The number of aliphatic imine (C=N–C) groups is 1. The molecule has 0 spiro atoms. The van der Waals surface area contributed by atoms with Crippen molar-refractivity contribution in [3.8, 4) is 0 Å². The van der Waals surface area contributed by atoms with Gasteiger partial charge < -0.3 is 14.6 Å². The van der Waals surface area contributed by atoms with Crippen LogP contribution in [-0.4, -0.2) is 60.7 Å². The lowest BCUT2D eigenvalue weighted by atomic mass is 10.2. The molecule has 5 nitrogen and oxygen atoms in total. The summed E-state index contributed by atoms with van der Waals surface area (Å²) in [5.41, 5.74) is 0.963. The maximum atomic E-state index is 12.8. The molecule has 1 unspecified atom stereocenters. The van der Waals surface area contributed by atoms with Gasteiger partial charge in [-0.2, -0.15) is 13.2 Å². The topological polar surface area (TPSA) is 44.0 Å². The van der Waals surface area contributed by atoms with Gasteiger partial charge in [0.25, 0.3) is 0 Å². The van der Waals surface area contributed by atoms with E-state index in [1.165, 1.54) is 11.8 Å². The first-order valence-electron chi connectivity index (χ1n) is 7.77. The van der Waals surface area contributed by atoms with E-state index in [9.17, 15) is 13.2 Å². The van der Waals surface area contributed by atoms with E-state index in [4.69, 9.17) is 4.42 Å². The van der Waals surface area contributed by atoms with Crippen LogP contribution in [0.2, 0.25) is 0 Å². The number of nitrogens with zero attached hydrogens (tertiary/aromatic N) is 3. The molecule has 1 aliphatic heterocycles. The third-order valence-electron chi connectivity index (χ3n) is 3.96. The van der Waals surface area contributed by atoms with E-state index in [1.807, 2.05) is 17.9 Å². The van der Waals surface area contributed by atoms with Crippen molar-refractivity contribution in [2.24, 2.45) is 4.99 Å². The minimum absolute atomic E-state index is 0. The van der Waals surface area contributed by atoms with Crippen molar-refractivity contribution in [2.75, 3.05) is 32.7 Å². The number of nitrogens with one attached hydrogen (secondary N) is 1. The highest BCUT2D eigenvalue weighted by Gasteiger charge is 2.41. The van der Waals surface area contributed by atoms with Gasteiger partial charge in [0.2, 0.25) is 0 Å². The van der Waals surface area contributed by atoms with Crippen LogP contribution in [0.15, 0.2) is 28.0 Å². The SMILES string of the molecule is CCNC(=NCc1ccoc1)N1CCN(C(C)C(F)(F)F)CC1.I. The molecule has 0 aliphatic carbocycles. The third-order valence-corrected chi connectivity index (χ3v) is 3.96. The van der Waals surface area contributed by atoms with E-state index in [0.717, 1.165) is 11.5 Å². The van der Waals surface area contributed by atoms with Crippen LogP contribution in [-0.2, 0) is 6.54 Å². The quantitative estimate of drug-likeness (QED) is 0.427. The fourth-order valence-electron chi connectivity index (χ4n) is 2.50. The van der Waals surface area contributed by atoms with Crippen LogP contribution >= 0.6 is 24.0 Å². The van der Waals surface area contributed by atoms with E-state index in [2.05, 4.69) is 10.3 Å². The van der Waals surface area contributed by atoms with Gasteiger partial charge in [0.15, 0.2) is 5.96 Å². The van der Waals surface area contributed by atoms with Crippen molar-refractivity contribution in [1.82, 2.24) is 15.1 Å². The molecule has 1 atom stereocenters. The molecule has 0 amide bonds. The number of rotatable bonds is 4. The minimum atomic E-state index is -4.18. The Hall–Kier alpha value is -0.970. The largest absolute Gasteiger partial charge is 0.472 e. The molecule has 1 aromatic heterocycles. The Morgan fingerprint density at radius 3 is 2.50 bits per heavy atom. The van der Waals surface area contributed by atoms with Crippen molar-refractivity contribution in [2.45, 2.75) is 32.6 Å². The first-order valence-corrected chi connectivity index (χ1v) is 7.77. The maximum Gasteiger partial charge on any atom is 0.403 e. The zero-order valence-electron chi connectivity index (χ0n) is 13.8. The van der Waals surface area contributed by atoms with E-state index < -0.39 is 12.2 Å². The van der Waals surface area contributed by atoms with Gasteiger partial charge in [-0.15, -0.1) is 24.0 Å². The molecule has 0 bridgehead atoms. The van der Waals surface area contributed by atoms with Gasteiger partial charge in [-0.3, -0.25) is 4.90 Å². The second kappa shape index (κ2) is 9.50. The van der Waals surface area contributed by atoms with Crippen LogP contribution in [0, 0.1) is 0 Å². The first-order chi connectivity index (χ1) is 10.9. The number of piperazine rings is 1. The molecule has 1 aliphatic rings. The normalized spacial score (nSPS) is 18.2. The van der Waals surface area contributed by atoms with Crippen LogP contribution < -0.4 is 5.32 Å². The average molecular weight is 460 g/mol. The minimum Gasteiger partial charge on any atom is -0.472 e. The molecule has 24 heavy (non-hydrogen) atoms. The number of halogens is 4. The summed E-state index contributed by atoms with van der Waals surface area (Å²) in [6.07, 6.45) is -0.951. The fourth-order valence-corrected chi connectivity index (χ4v) is 2.50. The predicted molar refractivity (Wildman–Crippen MR) is 97.6 cm³/mol. The molecular weight excluding hydrogens is 436 g/mol. The van der Waals surface area contributed by atoms with Crippen LogP contribution in [0.1, 0.15) is 19.4 Å². The monoisotopic (exact) mass is 460 g/mol. The van der Waals surface area contributed by atoms with Crippen molar-refractivity contribution in [3.05, 3.63) is 24.2 Å². The Morgan fingerprint density at radius 2 is 2.00 bits per heavy atom. The number of furan rings is 1. The molecule has 138 valence electrons. The average Bonchev–Trinajstić information content (AvgIpc) is 3.03. The van der Waals surface area contributed by atoms with Gasteiger partial charge in [-0.1, -0.05) is 0 Å². The van der Waals surface area contributed by atoms with E-state index in [0.29, 0.717) is 39.3 Å². The molecule has 0 saturated carbocycles. The molecular formula is C15H24F3IN4O. The first kappa shape index (κ1) is 21.1. The lowest BCUT2D eigenvalue weighted by Gasteiger charge is -2.39. The van der Waals surface area contributed by atoms with Crippen molar-refractivity contribution in [3.63, 3.8) is 0 Å². The molecule has 2 heterocycles. The fraction of sp³-hybridized carbons (Fsp3) is 0.667. The Labute approximate surface area is 157 Å². The second-order valence-corrected chi connectivity index (χ2v) is 5.54. The van der Waals surface area contributed by atoms with Gasteiger partial charge in [0.1, 0.15) is 6.04 Å². The molecule has 1 N–H and O–H groups in total. The van der Waals surface area contributed by atoms with E-state index in [-0.39, 0.29) is 24.0 Å². The predicted octanol–water partition coefficient (Wildman–Crippen LogP) is 2.93. The van der Waals surface area contributed by atoms with Crippen LogP contribution in [0.4, 0.5) is 13.2 Å². The lowest BCUT2D eigenvalue weighted by molar-refractivity contribution is -0.181. The van der Waals surface area contributed by atoms with Crippen molar-refractivity contribution in [1.29, 1.82) is 0 Å². The standard InChI is InChI=1S/C15H23F3N4O.HI/c1-3-19-14(20-10-13-4-9-23-11-13)22-7-5-21(6-8-22)12(2)15(16,17)18;/h4,9,11-12H,3,5-8,10H2,1-2H3,(H,19,20);1H. The summed E-state index contributed by atoms with van der Waals surface area (Å²) >= 11 is 0.